The number of carbonyl (C=O) groups excluding carboxylic acids is 1. The summed E-state index contributed by atoms with van der Waals surface area (Å²) in [7, 11) is 2.10. The Kier molecular flexibility index (Phi) is 5.46. The van der Waals surface area contributed by atoms with Crippen molar-refractivity contribution in [2.75, 3.05) is 45.1 Å². The molecule has 1 aliphatic rings. The van der Waals surface area contributed by atoms with E-state index in [-0.39, 0.29) is 11.3 Å². The highest BCUT2D eigenvalue weighted by molar-refractivity contribution is 5.77. The van der Waals surface area contributed by atoms with Gasteiger partial charge in [0, 0.05) is 44.8 Å². The quantitative estimate of drug-likeness (QED) is 0.928. The maximum absolute atomic E-state index is 12.2. The molecule has 1 aromatic rings. The summed E-state index contributed by atoms with van der Waals surface area (Å²) in [4.78, 5) is 16.5. The van der Waals surface area contributed by atoms with E-state index in [2.05, 4.69) is 56.2 Å². The molecule has 0 saturated carbocycles. The molecule has 122 valence electrons. The second kappa shape index (κ2) is 7.14. The lowest BCUT2D eigenvalue weighted by Crippen LogP contribution is -2.47. The Morgan fingerprint density at radius 3 is 2.41 bits per heavy atom. The Balaban J connectivity index is 1.85. The minimum Gasteiger partial charge on any atom is -0.384 e. The topological polar surface area (TPSA) is 35.6 Å². The van der Waals surface area contributed by atoms with Crippen molar-refractivity contribution in [2.45, 2.75) is 32.6 Å². The van der Waals surface area contributed by atoms with Crippen LogP contribution >= 0.6 is 0 Å². The smallest absolute Gasteiger partial charge is 0.224 e. The first kappa shape index (κ1) is 16.8. The number of carbonyl (C=O) groups is 1. The van der Waals surface area contributed by atoms with Crippen LogP contribution in [0.5, 0.6) is 0 Å². The lowest BCUT2D eigenvalue weighted by Gasteiger charge is -2.32. The highest BCUT2D eigenvalue weighted by Crippen LogP contribution is 2.29. The van der Waals surface area contributed by atoms with E-state index in [1.54, 1.807) is 0 Å². The second-order valence-corrected chi connectivity index (χ2v) is 7.16. The van der Waals surface area contributed by atoms with Gasteiger partial charge in [-0.2, -0.15) is 0 Å². The molecule has 1 amide bonds. The minimum absolute atomic E-state index is 0.102. The largest absolute Gasteiger partial charge is 0.384 e. The first-order chi connectivity index (χ1) is 10.4. The molecule has 0 aliphatic carbocycles. The minimum atomic E-state index is 0.102. The summed E-state index contributed by atoms with van der Waals surface area (Å²) >= 11 is 0. The monoisotopic (exact) mass is 303 g/mol. The molecule has 0 atom stereocenters. The number of rotatable bonds is 4. The van der Waals surface area contributed by atoms with E-state index in [0.717, 1.165) is 31.9 Å². The van der Waals surface area contributed by atoms with Gasteiger partial charge in [-0.1, -0.05) is 39.0 Å². The number of para-hydroxylation sites is 1. The van der Waals surface area contributed by atoms with Gasteiger partial charge in [-0.15, -0.1) is 0 Å². The van der Waals surface area contributed by atoms with E-state index < -0.39 is 0 Å². The molecule has 1 saturated heterocycles. The molecule has 22 heavy (non-hydrogen) atoms. The van der Waals surface area contributed by atoms with Crippen LogP contribution in [0, 0.1) is 0 Å². The molecular formula is C18H29N3O. The van der Waals surface area contributed by atoms with E-state index in [4.69, 9.17) is 0 Å². The number of nitrogens with one attached hydrogen (secondary N) is 1. The van der Waals surface area contributed by atoms with Crippen LogP contribution in [0.1, 0.15) is 32.8 Å². The fourth-order valence-electron chi connectivity index (χ4n) is 2.81. The number of hydrogen-bond acceptors (Lipinski definition) is 3. The lowest BCUT2D eigenvalue weighted by atomic mass is 9.86. The van der Waals surface area contributed by atoms with Crippen LogP contribution < -0.4 is 5.32 Å². The predicted octanol–water partition coefficient (Wildman–Crippen LogP) is 2.56. The number of amides is 1. The third-order valence-corrected chi connectivity index (χ3v) is 4.25. The molecule has 1 aromatic carbocycles. The first-order valence-electron chi connectivity index (χ1n) is 8.17. The van der Waals surface area contributed by atoms with Gasteiger partial charge >= 0.3 is 0 Å². The summed E-state index contributed by atoms with van der Waals surface area (Å²) in [5.41, 5.74) is 2.54. The van der Waals surface area contributed by atoms with Gasteiger partial charge < -0.3 is 15.1 Å². The number of hydrogen-bond donors (Lipinski definition) is 1. The molecular weight excluding hydrogens is 274 g/mol. The van der Waals surface area contributed by atoms with Crippen LogP contribution in [0.4, 0.5) is 5.69 Å². The normalized spacial score (nSPS) is 16.6. The van der Waals surface area contributed by atoms with Crippen LogP contribution in [0.15, 0.2) is 24.3 Å². The van der Waals surface area contributed by atoms with Crippen molar-refractivity contribution in [3.8, 4) is 0 Å². The first-order valence-corrected chi connectivity index (χ1v) is 8.17. The van der Waals surface area contributed by atoms with E-state index in [1.807, 2.05) is 11.0 Å². The van der Waals surface area contributed by atoms with E-state index in [9.17, 15) is 4.79 Å². The van der Waals surface area contributed by atoms with Crippen molar-refractivity contribution < 1.29 is 4.79 Å². The molecule has 0 unspecified atom stereocenters. The van der Waals surface area contributed by atoms with E-state index in [0.29, 0.717) is 13.0 Å². The van der Waals surface area contributed by atoms with Crippen LogP contribution in [0.25, 0.3) is 0 Å². The van der Waals surface area contributed by atoms with Crippen LogP contribution in [-0.4, -0.2) is 55.5 Å². The summed E-state index contributed by atoms with van der Waals surface area (Å²) in [6.45, 7) is 11.0. The zero-order valence-electron chi connectivity index (χ0n) is 14.4. The third-order valence-electron chi connectivity index (χ3n) is 4.25. The number of benzene rings is 1. The summed E-state index contributed by atoms with van der Waals surface area (Å²) in [6, 6.07) is 8.37. The molecule has 4 nitrogen and oxygen atoms in total. The molecule has 0 spiro atoms. The Labute approximate surface area is 134 Å². The average molecular weight is 303 g/mol. The van der Waals surface area contributed by atoms with E-state index in [1.165, 1.54) is 5.56 Å². The van der Waals surface area contributed by atoms with Gasteiger partial charge in [-0.05, 0) is 24.1 Å². The fraction of sp³-hybridized carbons (Fsp3) is 0.611. The van der Waals surface area contributed by atoms with Gasteiger partial charge in [-0.25, -0.2) is 0 Å². The molecule has 0 bridgehead atoms. The third kappa shape index (κ3) is 4.47. The van der Waals surface area contributed by atoms with Gasteiger partial charge in [0.2, 0.25) is 5.91 Å². The van der Waals surface area contributed by atoms with Gasteiger partial charge in [0.05, 0.1) is 0 Å². The van der Waals surface area contributed by atoms with Crippen molar-refractivity contribution in [1.29, 1.82) is 0 Å². The summed E-state index contributed by atoms with van der Waals surface area (Å²) < 4.78 is 0. The predicted molar refractivity (Wildman–Crippen MR) is 92.3 cm³/mol. The summed E-state index contributed by atoms with van der Waals surface area (Å²) in [5, 5.41) is 3.44. The number of likely N-dealkylation sites (N-methyl/N-ethyl adjacent to an activating group) is 1. The van der Waals surface area contributed by atoms with Gasteiger partial charge in [0.25, 0.3) is 0 Å². The highest BCUT2D eigenvalue weighted by Gasteiger charge is 2.19. The SMILES string of the molecule is CN1CCN(C(=O)CCNc2ccccc2C(C)(C)C)CC1. The van der Waals surface area contributed by atoms with Crippen molar-refractivity contribution >= 4 is 11.6 Å². The van der Waals surface area contributed by atoms with Gasteiger partial charge in [-0.3, -0.25) is 4.79 Å². The van der Waals surface area contributed by atoms with Crippen molar-refractivity contribution in [2.24, 2.45) is 0 Å². The molecule has 1 aliphatic heterocycles. The molecule has 0 radical (unpaired) electrons. The standard InChI is InChI=1S/C18H29N3O/c1-18(2,3)15-7-5-6-8-16(15)19-10-9-17(22)21-13-11-20(4)12-14-21/h5-8,19H,9-14H2,1-4H3. The molecule has 1 fully saturated rings. The Morgan fingerprint density at radius 1 is 1.14 bits per heavy atom. The fourth-order valence-corrected chi connectivity index (χ4v) is 2.81. The maximum Gasteiger partial charge on any atom is 0.224 e. The van der Waals surface area contributed by atoms with Gasteiger partial charge in [0.15, 0.2) is 0 Å². The molecule has 1 heterocycles. The Morgan fingerprint density at radius 2 is 1.77 bits per heavy atom. The Bertz CT molecular complexity index is 499. The van der Waals surface area contributed by atoms with Crippen LogP contribution in [0.2, 0.25) is 0 Å². The Hall–Kier alpha value is -1.55. The maximum atomic E-state index is 12.2. The number of anilines is 1. The van der Waals surface area contributed by atoms with E-state index >= 15 is 0 Å². The highest BCUT2D eigenvalue weighted by atomic mass is 16.2. The second-order valence-electron chi connectivity index (χ2n) is 7.16. The molecule has 0 aromatic heterocycles. The van der Waals surface area contributed by atoms with Crippen LogP contribution in [0.3, 0.4) is 0 Å². The van der Waals surface area contributed by atoms with Crippen LogP contribution in [-0.2, 0) is 10.2 Å². The van der Waals surface area contributed by atoms with Crippen molar-refractivity contribution in [3.05, 3.63) is 29.8 Å². The summed E-state index contributed by atoms with van der Waals surface area (Å²) in [5.74, 6) is 0.258. The lowest BCUT2D eigenvalue weighted by molar-refractivity contribution is -0.132. The van der Waals surface area contributed by atoms with Crippen molar-refractivity contribution in [1.82, 2.24) is 9.80 Å². The summed E-state index contributed by atoms with van der Waals surface area (Å²) in [6.07, 6.45) is 0.558. The number of piperazine rings is 1. The van der Waals surface area contributed by atoms with Gasteiger partial charge in [0.1, 0.15) is 0 Å². The zero-order valence-corrected chi connectivity index (χ0v) is 14.4. The molecule has 2 rings (SSSR count). The number of nitrogens with zero attached hydrogens (tertiary/aromatic N) is 2. The zero-order chi connectivity index (χ0) is 16.2. The average Bonchev–Trinajstić information content (AvgIpc) is 2.47. The van der Waals surface area contributed by atoms with Crippen molar-refractivity contribution in [3.63, 3.8) is 0 Å². The molecule has 4 heteroatoms. The molecule has 1 N–H and O–H groups in total.